The fourth-order valence-corrected chi connectivity index (χ4v) is 4.27. The number of hydrogen-bond donors (Lipinski definition) is 1. The van der Waals surface area contributed by atoms with Gasteiger partial charge in [-0.05, 0) is 54.7 Å². The Morgan fingerprint density at radius 1 is 0.971 bits per heavy atom. The van der Waals surface area contributed by atoms with Crippen molar-refractivity contribution in [2.75, 3.05) is 7.11 Å². The second-order valence-corrected chi connectivity index (χ2v) is 8.20. The Kier molecular flexibility index (Phi) is 6.21. The van der Waals surface area contributed by atoms with E-state index in [2.05, 4.69) is 33.5 Å². The zero-order valence-electron chi connectivity index (χ0n) is 18.9. The van der Waals surface area contributed by atoms with Crippen LogP contribution in [0, 0.1) is 0 Å². The molecule has 5 rings (SSSR count). The lowest BCUT2D eigenvalue weighted by Gasteiger charge is -2.26. The summed E-state index contributed by atoms with van der Waals surface area (Å²) in [5, 5.41) is 3.21. The van der Waals surface area contributed by atoms with E-state index < -0.39 is 0 Å². The van der Waals surface area contributed by atoms with E-state index in [1.54, 1.807) is 25.4 Å². The van der Waals surface area contributed by atoms with Gasteiger partial charge in [-0.25, -0.2) is 4.98 Å². The molecule has 0 aliphatic heterocycles. The van der Waals surface area contributed by atoms with Crippen molar-refractivity contribution in [2.45, 2.75) is 25.3 Å². The number of nitrogens with one attached hydrogen (secondary N) is 1. The van der Waals surface area contributed by atoms with Crippen LogP contribution in [0.5, 0.6) is 17.4 Å². The maximum atomic E-state index is 13.1. The highest BCUT2D eigenvalue weighted by molar-refractivity contribution is 5.95. The number of aryl methyl sites for hydroxylation is 1. The van der Waals surface area contributed by atoms with Crippen LogP contribution in [0.4, 0.5) is 0 Å². The number of ether oxygens (including phenoxy) is 2. The maximum absolute atomic E-state index is 13.1. The first-order chi connectivity index (χ1) is 16.7. The topological polar surface area (TPSA) is 73.3 Å². The number of aromatic nitrogens is 2. The number of amides is 1. The van der Waals surface area contributed by atoms with Crippen LogP contribution in [0.25, 0.3) is 11.4 Å². The molecule has 0 spiro atoms. The van der Waals surface area contributed by atoms with Gasteiger partial charge >= 0.3 is 0 Å². The number of hydrogen-bond acceptors (Lipinski definition) is 5. The fourth-order valence-electron chi connectivity index (χ4n) is 4.27. The number of rotatable bonds is 6. The van der Waals surface area contributed by atoms with Gasteiger partial charge in [0, 0.05) is 29.5 Å². The first-order valence-corrected chi connectivity index (χ1v) is 11.3. The van der Waals surface area contributed by atoms with Crippen LogP contribution in [-0.4, -0.2) is 23.0 Å². The van der Waals surface area contributed by atoms with E-state index in [0.29, 0.717) is 28.8 Å². The molecule has 1 amide bonds. The zero-order chi connectivity index (χ0) is 23.3. The Morgan fingerprint density at radius 3 is 2.74 bits per heavy atom. The quantitative estimate of drug-likeness (QED) is 0.404. The molecule has 0 saturated carbocycles. The molecule has 1 atom stereocenters. The second kappa shape index (κ2) is 9.75. The van der Waals surface area contributed by atoms with Crippen LogP contribution in [-0.2, 0) is 6.42 Å². The van der Waals surface area contributed by atoms with E-state index in [9.17, 15) is 4.79 Å². The van der Waals surface area contributed by atoms with E-state index in [1.807, 2.05) is 48.5 Å². The Balaban J connectivity index is 1.34. The van der Waals surface area contributed by atoms with Crippen molar-refractivity contribution in [3.05, 3.63) is 102 Å². The first kappa shape index (κ1) is 21.6. The summed E-state index contributed by atoms with van der Waals surface area (Å²) in [4.78, 5) is 22.0. The highest BCUT2D eigenvalue weighted by atomic mass is 16.5. The van der Waals surface area contributed by atoms with E-state index in [0.717, 1.165) is 24.8 Å². The average Bonchev–Trinajstić information content (AvgIpc) is 2.89. The maximum Gasteiger partial charge on any atom is 0.251 e. The molecule has 1 heterocycles. The van der Waals surface area contributed by atoms with Gasteiger partial charge in [-0.2, -0.15) is 4.98 Å². The van der Waals surface area contributed by atoms with Crippen LogP contribution < -0.4 is 14.8 Å². The molecule has 0 radical (unpaired) electrons. The van der Waals surface area contributed by atoms with Crippen molar-refractivity contribution in [3.8, 4) is 28.8 Å². The van der Waals surface area contributed by atoms with Crippen molar-refractivity contribution in [3.63, 3.8) is 0 Å². The molecular weight excluding hydrogens is 426 g/mol. The van der Waals surface area contributed by atoms with Gasteiger partial charge in [-0.15, -0.1) is 0 Å². The summed E-state index contributed by atoms with van der Waals surface area (Å²) < 4.78 is 11.1. The minimum Gasteiger partial charge on any atom is -0.497 e. The minimum absolute atomic E-state index is 0.0250. The number of carbonyl (C=O) groups excluding carboxylic acids is 1. The van der Waals surface area contributed by atoms with Gasteiger partial charge in [-0.3, -0.25) is 4.79 Å². The third kappa shape index (κ3) is 4.76. The number of methoxy groups -OCH3 is 1. The van der Waals surface area contributed by atoms with Crippen LogP contribution >= 0.6 is 0 Å². The molecule has 1 aromatic heterocycles. The summed E-state index contributed by atoms with van der Waals surface area (Å²) in [5.41, 5.74) is 3.84. The normalized spacial score (nSPS) is 14.7. The molecule has 1 N–H and O–H groups in total. The predicted octanol–water partition coefficient (Wildman–Crippen LogP) is 5.75. The summed E-state index contributed by atoms with van der Waals surface area (Å²) in [6.45, 7) is 0. The van der Waals surface area contributed by atoms with Crippen LogP contribution in [0.3, 0.4) is 0 Å². The van der Waals surface area contributed by atoms with Crippen LogP contribution in [0.2, 0.25) is 0 Å². The lowest BCUT2D eigenvalue weighted by Crippen LogP contribution is -2.30. The molecule has 6 nitrogen and oxygen atoms in total. The van der Waals surface area contributed by atoms with E-state index in [-0.39, 0.29) is 11.9 Å². The molecule has 4 aromatic rings. The van der Waals surface area contributed by atoms with E-state index in [4.69, 9.17) is 9.47 Å². The Morgan fingerprint density at radius 2 is 1.82 bits per heavy atom. The highest BCUT2D eigenvalue weighted by Gasteiger charge is 2.22. The number of carbonyl (C=O) groups is 1. The zero-order valence-corrected chi connectivity index (χ0v) is 18.9. The molecule has 170 valence electrons. The van der Waals surface area contributed by atoms with E-state index >= 15 is 0 Å². The molecule has 0 fully saturated rings. The van der Waals surface area contributed by atoms with Crippen molar-refractivity contribution in [1.82, 2.24) is 15.3 Å². The summed E-state index contributed by atoms with van der Waals surface area (Å²) in [6, 6.07) is 24.7. The lowest BCUT2D eigenvalue weighted by atomic mass is 9.87. The lowest BCUT2D eigenvalue weighted by molar-refractivity contribution is 0.0933. The molecule has 1 aliphatic carbocycles. The summed E-state index contributed by atoms with van der Waals surface area (Å²) in [5.74, 6) is 2.10. The molecule has 1 aliphatic rings. The van der Waals surface area contributed by atoms with Gasteiger partial charge in [0.15, 0.2) is 5.82 Å². The standard InChI is InChI=1S/C28H25N3O3/c1-33-22-11-6-12-23(18-22)34-26-15-16-29-27(31-26)20-9-4-10-21(17-20)28(32)30-25-14-5-8-19-7-2-3-13-24(19)25/h2-4,6-7,9-13,15-18,25H,5,8,14H2,1H3,(H,30,32)/t25-/m0/s1. The van der Waals surface area contributed by atoms with Crippen LogP contribution in [0.1, 0.15) is 40.4 Å². The highest BCUT2D eigenvalue weighted by Crippen LogP contribution is 2.30. The third-order valence-electron chi connectivity index (χ3n) is 5.95. The molecule has 0 bridgehead atoms. The monoisotopic (exact) mass is 451 g/mol. The molecule has 34 heavy (non-hydrogen) atoms. The molecule has 6 heteroatoms. The largest absolute Gasteiger partial charge is 0.497 e. The third-order valence-corrected chi connectivity index (χ3v) is 5.95. The first-order valence-electron chi connectivity index (χ1n) is 11.3. The molecule has 3 aromatic carbocycles. The number of nitrogens with zero attached hydrogens (tertiary/aromatic N) is 2. The van der Waals surface area contributed by atoms with Crippen molar-refractivity contribution >= 4 is 5.91 Å². The summed E-state index contributed by atoms with van der Waals surface area (Å²) >= 11 is 0. The Labute approximate surface area is 198 Å². The minimum atomic E-state index is -0.104. The van der Waals surface area contributed by atoms with Gasteiger partial charge in [0.1, 0.15) is 11.5 Å². The van der Waals surface area contributed by atoms with Crippen molar-refractivity contribution < 1.29 is 14.3 Å². The number of benzene rings is 3. The molecule has 0 saturated heterocycles. The summed E-state index contributed by atoms with van der Waals surface area (Å²) in [7, 11) is 1.61. The van der Waals surface area contributed by atoms with Gasteiger partial charge in [0.05, 0.1) is 13.2 Å². The SMILES string of the molecule is COc1cccc(Oc2ccnc(-c3cccc(C(=O)N[C@H]4CCCc5ccccc54)c3)n2)c1. The van der Waals surface area contributed by atoms with Crippen molar-refractivity contribution in [1.29, 1.82) is 0 Å². The number of fused-ring (bicyclic) bond motifs is 1. The van der Waals surface area contributed by atoms with Gasteiger partial charge in [-0.1, -0.05) is 42.5 Å². The van der Waals surface area contributed by atoms with Crippen molar-refractivity contribution in [2.24, 2.45) is 0 Å². The fraction of sp³-hybridized carbons (Fsp3) is 0.179. The Hall–Kier alpha value is -4.19. The second-order valence-electron chi connectivity index (χ2n) is 8.20. The molecule has 0 unspecified atom stereocenters. The summed E-state index contributed by atoms with van der Waals surface area (Å²) in [6.07, 6.45) is 4.71. The molecular formula is C28H25N3O3. The Bertz CT molecular complexity index is 1320. The van der Waals surface area contributed by atoms with Gasteiger partial charge in [0.25, 0.3) is 5.91 Å². The van der Waals surface area contributed by atoms with Gasteiger partial charge in [0.2, 0.25) is 5.88 Å². The van der Waals surface area contributed by atoms with E-state index in [1.165, 1.54) is 11.1 Å². The van der Waals surface area contributed by atoms with Gasteiger partial charge < -0.3 is 14.8 Å². The smallest absolute Gasteiger partial charge is 0.251 e. The van der Waals surface area contributed by atoms with Crippen LogP contribution in [0.15, 0.2) is 85.1 Å². The predicted molar refractivity (Wildman–Crippen MR) is 130 cm³/mol. The average molecular weight is 452 g/mol.